The van der Waals surface area contributed by atoms with Crippen LogP contribution in [0.2, 0.25) is 0 Å². The van der Waals surface area contributed by atoms with Crippen molar-refractivity contribution in [2.75, 3.05) is 12.8 Å². The number of carbonyl (C=O) groups is 1. The molecule has 1 aromatic rings. The molecule has 0 heterocycles. The summed E-state index contributed by atoms with van der Waals surface area (Å²) in [6.07, 6.45) is 0. The molecule has 0 aliphatic heterocycles. The molecule has 106 valence electrons. The molecule has 0 unspecified atom stereocenters. The molecule has 5 N–H and O–H groups in total. The van der Waals surface area contributed by atoms with Crippen molar-refractivity contribution in [3.8, 4) is 5.75 Å². The fraction of sp³-hybridized carbons (Fsp3) is 0.364. The summed E-state index contributed by atoms with van der Waals surface area (Å²) in [6, 6.07) is 4.14. The highest BCUT2D eigenvalue weighted by molar-refractivity contribution is 7.89. The molecule has 0 bridgehead atoms. The number of carbonyl (C=O) groups excluding carboxylic acids is 1. The maximum absolute atomic E-state index is 12.1. The summed E-state index contributed by atoms with van der Waals surface area (Å²) < 4.78 is 31.4. The second-order valence-electron chi connectivity index (χ2n) is 4.50. The van der Waals surface area contributed by atoms with E-state index in [0.29, 0.717) is 5.75 Å². The van der Waals surface area contributed by atoms with Gasteiger partial charge in [-0.3, -0.25) is 4.79 Å². The summed E-state index contributed by atoms with van der Waals surface area (Å²) in [5.74, 6) is -0.353. The van der Waals surface area contributed by atoms with Gasteiger partial charge in [-0.1, -0.05) is 0 Å². The van der Waals surface area contributed by atoms with E-state index < -0.39 is 21.5 Å². The molecule has 0 saturated carbocycles. The molecule has 19 heavy (non-hydrogen) atoms. The van der Waals surface area contributed by atoms with Crippen LogP contribution in [-0.2, 0) is 14.8 Å². The van der Waals surface area contributed by atoms with Crippen molar-refractivity contribution in [1.29, 1.82) is 0 Å². The van der Waals surface area contributed by atoms with Gasteiger partial charge in [-0.05, 0) is 26.0 Å². The van der Waals surface area contributed by atoms with Crippen molar-refractivity contribution in [2.45, 2.75) is 24.3 Å². The molecular weight excluding hydrogens is 270 g/mol. The highest BCUT2D eigenvalue weighted by Crippen LogP contribution is 2.24. The summed E-state index contributed by atoms with van der Waals surface area (Å²) in [4.78, 5) is 11.0. The highest BCUT2D eigenvalue weighted by atomic mass is 32.2. The number of primary amides is 1. The van der Waals surface area contributed by atoms with Crippen molar-refractivity contribution in [2.24, 2.45) is 5.73 Å². The van der Waals surface area contributed by atoms with Crippen LogP contribution >= 0.6 is 0 Å². The molecule has 0 aromatic heterocycles. The fourth-order valence-corrected chi connectivity index (χ4v) is 2.84. The van der Waals surface area contributed by atoms with E-state index in [1.54, 1.807) is 0 Å². The summed E-state index contributed by atoms with van der Waals surface area (Å²) in [5, 5.41) is 0. The van der Waals surface area contributed by atoms with E-state index in [2.05, 4.69) is 4.72 Å². The van der Waals surface area contributed by atoms with Gasteiger partial charge in [0.15, 0.2) is 0 Å². The molecule has 0 fully saturated rings. The summed E-state index contributed by atoms with van der Waals surface area (Å²) in [5.41, 5.74) is 9.39. The van der Waals surface area contributed by atoms with Gasteiger partial charge in [0.25, 0.3) is 0 Å². The first kappa shape index (κ1) is 15.3. The maximum Gasteiger partial charge on any atom is 0.243 e. The topological polar surface area (TPSA) is 125 Å². The SMILES string of the molecule is COc1ccc(S(=O)(=O)NC(C)(C)C(N)=O)c(N)c1. The normalized spacial score (nSPS) is 12.2. The van der Waals surface area contributed by atoms with Crippen LogP contribution in [0.4, 0.5) is 5.69 Å². The largest absolute Gasteiger partial charge is 0.497 e. The number of methoxy groups -OCH3 is 1. The van der Waals surface area contributed by atoms with E-state index in [4.69, 9.17) is 16.2 Å². The molecule has 1 amide bonds. The lowest BCUT2D eigenvalue weighted by molar-refractivity contribution is -0.122. The lowest BCUT2D eigenvalue weighted by atomic mass is 10.1. The van der Waals surface area contributed by atoms with Crippen LogP contribution in [-0.4, -0.2) is 27.0 Å². The van der Waals surface area contributed by atoms with Crippen molar-refractivity contribution >= 4 is 21.6 Å². The number of hydrogen-bond donors (Lipinski definition) is 3. The fourth-order valence-electron chi connectivity index (χ4n) is 1.34. The van der Waals surface area contributed by atoms with Gasteiger partial charge in [0.05, 0.1) is 12.8 Å². The maximum atomic E-state index is 12.1. The molecule has 7 nitrogen and oxygen atoms in total. The van der Waals surface area contributed by atoms with Gasteiger partial charge < -0.3 is 16.2 Å². The predicted octanol–water partition coefficient (Wildman–Crippen LogP) is -0.180. The Bertz CT molecular complexity index is 596. The number of amides is 1. The summed E-state index contributed by atoms with van der Waals surface area (Å²) >= 11 is 0. The molecule has 8 heteroatoms. The minimum atomic E-state index is -3.95. The molecule has 0 aliphatic rings. The molecular formula is C11H17N3O4S. The summed E-state index contributed by atoms with van der Waals surface area (Å²) in [6.45, 7) is 2.74. The minimum absolute atomic E-state index is 0.0205. The Morgan fingerprint density at radius 3 is 2.37 bits per heavy atom. The molecule has 1 rings (SSSR count). The third-order valence-electron chi connectivity index (χ3n) is 2.51. The Morgan fingerprint density at radius 2 is 1.95 bits per heavy atom. The van der Waals surface area contributed by atoms with Gasteiger partial charge in [0.2, 0.25) is 15.9 Å². The minimum Gasteiger partial charge on any atom is -0.497 e. The number of hydrogen-bond acceptors (Lipinski definition) is 5. The van der Waals surface area contributed by atoms with E-state index in [1.807, 2.05) is 0 Å². The number of rotatable bonds is 5. The number of nitrogens with two attached hydrogens (primary N) is 2. The Balaban J connectivity index is 3.18. The first-order valence-electron chi connectivity index (χ1n) is 5.37. The average Bonchev–Trinajstić information content (AvgIpc) is 2.26. The van der Waals surface area contributed by atoms with Crippen LogP contribution in [0.25, 0.3) is 0 Å². The van der Waals surface area contributed by atoms with Gasteiger partial charge in [0, 0.05) is 6.07 Å². The monoisotopic (exact) mass is 287 g/mol. The highest BCUT2D eigenvalue weighted by Gasteiger charge is 2.32. The van der Waals surface area contributed by atoms with E-state index in [9.17, 15) is 13.2 Å². The number of anilines is 1. The Kier molecular flexibility index (Phi) is 4.06. The van der Waals surface area contributed by atoms with Crippen molar-refractivity contribution in [3.05, 3.63) is 18.2 Å². The first-order chi connectivity index (χ1) is 8.60. The van der Waals surface area contributed by atoms with Gasteiger partial charge in [-0.15, -0.1) is 0 Å². The zero-order valence-corrected chi connectivity index (χ0v) is 11.7. The average molecular weight is 287 g/mol. The number of ether oxygens (including phenoxy) is 1. The van der Waals surface area contributed by atoms with Gasteiger partial charge in [-0.25, -0.2) is 8.42 Å². The third kappa shape index (κ3) is 3.36. The Labute approximate surface area is 112 Å². The lowest BCUT2D eigenvalue weighted by Gasteiger charge is -2.22. The molecule has 0 spiro atoms. The van der Waals surface area contributed by atoms with E-state index in [0.717, 1.165) is 0 Å². The van der Waals surface area contributed by atoms with E-state index >= 15 is 0 Å². The molecule has 0 aliphatic carbocycles. The van der Waals surface area contributed by atoms with Crippen LogP contribution in [0.1, 0.15) is 13.8 Å². The lowest BCUT2D eigenvalue weighted by Crippen LogP contribution is -2.52. The van der Waals surface area contributed by atoms with Crippen LogP contribution in [0.15, 0.2) is 23.1 Å². The van der Waals surface area contributed by atoms with Crippen molar-refractivity contribution in [3.63, 3.8) is 0 Å². The first-order valence-corrected chi connectivity index (χ1v) is 6.86. The smallest absolute Gasteiger partial charge is 0.243 e. The molecule has 1 aromatic carbocycles. The van der Waals surface area contributed by atoms with Crippen molar-refractivity contribution < 1.29 is 17.9 Å². The van der Waals surface area contributed by atoms with E-state index in [1.165, 1.54) is 39.2 Å². The predicted molar refractivity (Wildman–Crippen MR) is 71.0 cm³/mol. The van der Waals surface area contributed by atoms with Crippen LogP contribution in [0.3, 0.4) is 0 Å². The van der Waals surface area contributed by atoms with Gasteiger partial charge in [0.1, 0.15) is 16.2 Å². The zero-order chi connectivity index (χ0) is 14.8. The van der Waals surface area contributed by atoms with E-state index in [-0.39, 0.29) is 10.6 Å². The standard InChI is InChI=1S/C11H17N3O4S/c1-11(2,10(13)15)14-19(16,17)9-5-4-7(18-3)6-8(9)12/h4-6,14H,12H2,1-3H3,(H2,13,15). The molecule has 0 atom stereocenters. The number of nitrogen functional groups attached to an aromatic ring is 1. The quantitative estimate of drug-likeness (QED) is 0.648. The Hall–Kier alpha value is -1.80. The molecule has 0 radical (unpaired) electrons. The third-order valence-corrected chi connectivity index (χ3v) is 4.24. The number of nitrogens with one attached hydrogen (secondary N) is 1. The Morgan fingerprint density at radius 1 is 1.37 bits per heavy atom. The van der Waals surface area contributed by atoms with Crippen LogP contribution < -0.4 is 20.9 Å². The second kappa shape index (κ2) is 5.06. The van der Waals surface area contributed by atoms with Crippen molar-refractivity contribution in [1.82, 2.24) is 4.72 Å². The number of benzene rings is 1. The summed E-state index contributed by atoms with van der Waals surface area (Å²) in [7, 11) is -2.51. The van der Waals surface area contributed by atoms with Crippen LogP contribution in [0, 0.1) is 0 Å². The van der Waals surface area contributed by atoms with Crippen LogP contribution in [0.5, 0.6) is 5.75 Å². The van der Waals surface area contributed by atoms with Gasteiger partial charge in [-0.2, -0.15) is 4.72 Å². The zero-order valence-electron chi connectivity index (χ0n) is 10.9. The number of sulfonamides is 1. The molecule has 0 saturated heterocycles. The second-order valence-corrected chi connectivity index (χ2v) is 6.15. The van der Waals surface area contributed by atoms with Gasteiger partial charge >= 0.3 is 0 Å².